The lowest BCUT2D eigenvalue weighted by Gasteiger charge is -2.52. The van der Waals surface area contributed by atoms with Crippen LogP contribution < -0.4 is 0 Å². The second-order valence-electron chi connectivity index (χ2n) is 12.9. The van der Waals surface area contributed by atoms with Gasteiger partial charge in [0.15, 0.2) is 5.78 Å². The van der Waals surface area contributed by atoms with Crippen molar-refractivity contribution >= 4 is 17.5 Å². The molecule has 0 radical (unpaired) electrons. The number of halogens is 5. The Labute approximate surface area is 245 Å². The van der Waals surface area contributed by atoms with E-state index in [0.717, 1.165) is 88.4 Å². The van der Waals surface area contributed by atoms with Gasteiger partial charge in [-0.05, 0) is 97.3 Å². The molecule has 3 unspecified atom stereocenters. The van der Waals surface area contributed by atoms with Crippen molar-refractivity contribution in [1.29, 1.82) is 0 Å². The normalized spacial score (nSPS) is 29.7. The molecule has 0 spiro atoms. The van der Waals surface area contributed by atoms with Crippen molar-refractivity contribution < 1.29 is 37.0 Å². The van der Waals surface area contributed by atoms with Gasteiger partial charge in [0, 0.05) is 17.9 Å². The minimum Gasteiger partial charge on any atom is -0.508 e. The van der Waals surface area contributed by atoms with Gasteiger partial charge in [0.2, 0.25) is 0 Å². The number of alkyl halides is 5. The third kappa shape index (κ3) is 7.25. The first-order valence-corrected chi connectivity index (χ1v) is 16.6. The first-order chi connectivity index (χ1) is 19.4. The number of carbonyl (C=O) groups excluding carboxylic acids is 1. The molecular formula is C32H45F5O3S. The summed E-state index contributed by atoms with van der Waals surface area (Å²) in [6.45, 7) is 2.21. The Morgan fingerprint density at radius 2 is 1.59 bits per heavy atom. The molecule has 6 atom stereocenters. The number of aromatic hydroxyl groups is 1. The van der Waals surface area contributed by atoms with E-state index in [1.165, 1.54) is 11.8 Å². The summed E-state index contributed by atoms with van der Waals surface area (Å²) in [5, 5.41) is 20.9. The molecule has 3 aliphatic rings. The fourth-order valence-electron chi connectivity index (χ4n) is 7.96. The number of unbranched alkanes of at least 4 members (excludes halogenated alkanes) is 6. The minimum absolute atomic E-state index is 0.0719. The van der Waals surface area contributed by atoms with Crippen molar-refractivity contribution in [2.75, 3.05) is 11.5 Å². The van der Waals surface area contributed by atoms with Gasteiger partial charge in [-0.1, -0.05) is 51.5 Å². The number of ketones is 1. The lowest BCUT2D eigenvalue weighted by molar-refractivity contribution is -0.284. The summed E-state index contributed by atoms with van der Waals surface area (Å²) in [6.07, 6.45) is 4.66. The van der Waals surface area contributed by atoms with Crippen molar-refractivity contribution in [3.8, 4) is 5.75 Å². The Kier molecular flexibility index (Phi) is 10.7. The zero-order valence-corrected chi connectivity index (χ0v) is 24.8. The zero-order chi connectivity index (χ0) is 29.8. The monoisotopic (exact) mass is 604 g/mol. The predicted octanol–water partition coefficient (Wildman–Crippen LogP) is 9.31. The lowest BCUT2D eigenvalue weighted by Crippen LogP contribution is -2.49. The molecule has 2 fully saturated rings. The number of benzene rings is 1. The van der Waals surface area contributed by atoms with Gasteiger partial charge in [-0.2, -0.15) is 33.7 Å². The molecule has 3 nitrogen and oxygen atoms in total. The third-order valence-corrected chi connectivity index (χ3v) is 11.4. The minimum atomic E-state index is -5.46. The molecule has 1 aromatic rings. The van der Waals surface area contributed by atoms with Crippen LogP contribution in [0.25, 0.3) is 0 Å². The first-order valence-electron chi connectivity index (χ1n) is 15.4. The molecule has 0 amide bonds. The average molecular weight is 605 g/mol. The van der Waals surface area contributed by atoms with Gasteiger partial charge < -0.3 is 10.2 Å². The average Bonchev–Trinajstić information content (AvgIpc) is 3.21. The summed E-state index contributed by atoms with van der Waals surface area (Å²) in [5.41, 5.74) is 1.64. The van der Waals surface area contributed by atoms with Crippen LogP contribution in [-0.4, -0.2) is 45.7 Å². The van der Waals surface area contributed by atoms with Crippen molar-refractivity contribution in [3.63, 3.8) is 0 Å². The van der Waals surface area contributed by atoms with E-state index in [1.54, 1.807) is 12.1 Å². The van der Waals surface area contributed by atoms with Crippen LogP contribution in [0.15, 0.2) is 18.2 Å². The van der Waals surface area contributed by atoms with Gasteiger partial charge in [0.25, 0.3) is 0 Å². The number of phenols is 1. The molecule has 2 N–H and O–H groups in total. The number of aliphatic hydroxyl groups excluding tert-OH is 1. The molecule has 4 rings (SSSR count). The fraction of sp³-hybridized carbons (Fsp3) is 0.781. The third-order valence-electron chi connectivity index (χ3n) is 10.3. The molecule has 3 aliphatic carbocycles. The van der Waals surface area contributed by atoms with E-state index < -0.39 is 18.5 Å². The lowest BCUT2D eigenvalue weighted by atomic mass is 9.51. The number of phenolic OH excluding ortho intramolecular Hbond substituents is 1. The summed E-state index contributed by atoms with van der Waals surface area (Å²) >= 11 is 1.44. The van der Waals surface area contributed by atoms with Crippen LogP contribution in [-0.2, 0) is 0 Å². The fourth-order valence-corrected chi connectivity index (χ4v) is 8.92. The SMILES string of the molecule is C[C@]12CCC3c4ccc(O)cc4C(=O)[C@@H](CCCCCCCCCSCCCC(F)(F)C(F)(F)F)C3C1CC[C@@H]2O. The van der Waals surface area contributed by atoms with E-state index in [0.29, 0.717) is 23.2 Å². The number of Topliss-reactive ketones (excluding diaryl/α,β-unsaturated/α-hetero) is 1. The number of hydrogen-bond acceptors (Lipinski definition) is 4. The Hall–Kier alpha value is -1.35. The predicted molar refractivity (Wildman–Crippen MR) is 153 cm³/mol. The van der Waals surface area contributed by atoms with Crippen LogP contribution in [0.3, 0.4) is 0 Å². The van der Waals surface area contributed by atoms with Gasteiger partial charge in [-0.25, -0.2) is 0 Å². The van der Waals surface area contributed by atoms with E-state index >= 15 is 0 Å². The summed E-state index contributed by atoms with van der Waals surface area (Å²) in [7, 11) is 0. The highest BCUT2D eigenvalue weighted by Crippen LogP contribution is 2.62. The second-order valence-corrected chi connectivity index (χ2v) is 14.1. The van der Waals surface area contributed by atoms with Gasteiger partial charge in [0.05, 0.1) is 6.10 Å². The molecule has 2 saturated carbocycles. The summed E-state index contributed by atoms with van der Waals surface area (Å²) in [4.78, 5) is 13.8. The van der Waals surface area contributed by atoms with Gasteiger partial charge in [-0.15, -0.1) is 0 Å². The van der Waals surface area contributed by atoms with Crippen molar-refractivity contribution in [1.82, 2.24) is 0 Å². The first kappa shape index (κ1) is 32.6. The number of hydrogen-bond donors (Lipinski definition) is 2. The standard InChI is InChI=1S/C32H45F5O3S/c1-30-17-15-23-22-12-11-21(38)20-25(22)29(40)24(28(23)26(30)13-14-27(30)39)10-7-5-3-2-4-6-8-18-41-19-9-16-31(33,34)32(35,36)37/h11-12,20,23-24,26-28,38-39H,2-10,13-19H2,1H3/t23?,24-,26?,27-,28?,30-/m0/s1. The highest BCUT2D eigenvalue weighted by molar-refractivity contribution is 7.99. The highest BCUT2D eigenvalue weighted by atomic mass is 32.2. The maximum Gasteiger partial charge on any atom is 0.453 e. The van der Waals surface area contributed by atoms with Crippen LogP contribution >= 0.6 is 11.8 Å². The van der Waals surface area contributed by atoms with Crippen molar-refractivity contribution in [2.45, 2.75) is 121 Å². The van der Waals surface area contributed by atoms with Crippen LogP contribution in [0.5, 0.6) is 5.75 Å². The van der Waals surface area contributed by atoms with Gasteiger partial charge in [0.1, 0.15) is 5.75 Å². The van der Waals surface area contributed by atoms with Crippen molar-refractivity contribution in [2.24, 2.45) is 23.2 Å². The van der Waals surface area contributed by atoms with E-state index in [-0.39, 0.29) is 41.3 Å². The molecule has 41 heavy (non-hydrogen) atoms. The number of fused-ring (bicyclic) bond motifs is 5. The Morgan fingerprint density at radius 3 is 2.29 bits per heavy atom. The van der Waals surface area contributed by atoms with Gasteiger partial charge >= 0.3 is 12.1 Å². The number of rotatable bonds is 14. The van der Waals surface area contributed by atoms with Crippen LogP contribution in [0.1, 0.15) is 119 Å². The molecular weight excluding hydrogens is 559 g/mol. The Balaban J connectivity index is 1.17. The highest BCUT2D eigenvalue weighted by Gasteiger charge is 2.58. The summed E-state index contributed by atoms with van der Waals surface area (Å²) in [6, 6.07) is 5.28. The van der Waals surface area contributed by atoms with Gasteiger partial charge in [-0.3, -0.25) is 4.79 Å². The van der Waals surface area contributed by atoms with Crippen LogP contribution in [0, 0.1) is 23.2 Å². The summed E-state index contributed by atoms with van der Waals surface area (Å²) in [5.74, 6) is -2.41. The topological polar surface area (TPSA) is 57.5 Å². The molecule has 9 heteroatoms. The smallest absolute Gasteiger partial charge is 0.453 e. The van der Waals surface area contributed by atoms with Crippen molar-refractivity contribution in [3.05, 3.63) is 29.3 Å². The molecule has 0 bridgehead atoms. The Morgan fingerprint density at radius 1 is 0.927 bits per heavy atom. The molecule has 0 aromatic heterocycles. The molecule has 232 valence electrons. The second kappa shape index (κ2) is 13.5. The van der Waals surface area contributed by atoms with E-state index in [1.807, 2.05) is 6.07 Å². The maximum atomic E-state index is 13.8. The maximum absolute atomic E-state index is 13.8. The molecule has 0 heterocycles. The molecule has 1 aromatic carbocycles. The largest absolute Gasteiger partial charge is 0.508 e. The zero-order valence-electron chi connectivity index (χ0n) is 24.0. The molecule has 0 saturated heterocycles. The number of carbonyl (C=O) groups is 1. The quantitative estimate of drug-likeness (QED) is 0.164. The van der Waals surface area contributed by atoms with E-state index in [4.69, 9.17) is 0 Å². The van der Waals surface area contributed by atoms with Crippen LogP contribution in [0.2, 0.25) is 0 Å². The molecule has 0 aliphatic heterocycles. The van der Waals surface area contributed by atoms with Crippen LogP contribution in [0.4, 0.5) is 22.0 Å². The number of aliphatic hydroxyl groups is 1. The van der Waals surface area contributed by atoms with E-state index in [9.17, 15) is 37.0 Å². The number of thioether (sulfide) groups is 1. The Bertz CT molecular complexity index is 1030. The van der Waals surface area contributed by atoms with E-state index in [2.05, 4.69) is 6.92 Å². The summed E-state index contributed by atoms with van der Waals surface area (Å²) < 4.78 is 62.4.